The number of rotatable bonds is 5. The molecule has 0 spiro atoms. The monoisotopic (exact) mass is 351 g/mol. The van der Waals surface area contributed by atoms with E-state index in [1.807, 2.05) is 24.3 Å². The highest BCUT2D eigenvalue weighted by molar-refractivity contribution is 6.05. The average Bonchev–Trinajstić information content (AvgIpc) is 3.09. The minimum atomic E-state index is -0.0888. The molecule has 0 atom stereocenters. The second-order valence-corrected chi connectivity index (χ2v) is 6.09. The number of amides is 1. The molecular weight excluding hydrogens is 330 g/mol. The highest BCUT2D eigenvalue weighted by atomic mass is 16.5. The van der Waals surface area contributed by atoms with Gasteiger partial charge in [0.1, 0.15) is 0 Å². The van der Waals surface area contributed by atoms with E-state index in [0.717, 1.165) is 23.2 Å². The van der Waals surface area contributed by atoms with Gasteiger partial charge in [-0.05, 0) is 60.9 Å². The quantitative estimate of drug-likeness (QED) is 0.611. The lowest BCUT2D eigenvalue weighted by Crippen LogP contribution is -2.26. The number of hydrogen-bond acceptors (Lipinski definition) is 4. The van der Waals surface area contributed by atoms with Gasteiger partial charge in [-0.25, -0.2) is 0 Å². The van der Waals surface area contributed by atoms with Crippen molar-refractivity contribution in [2.75, 3.05) is 25.7 Å². The van der Waals surface area contributed by atoms with Crippen LogP contribution in [-0.4, -0.2) is 32.5 Å². The van der Waals surface area contributed by atoms with Crippen molar-refractivity contribution in [3.63, 3.8) is 0 Å². The number of ketones is 1. The van der Waals surface area contributed by atoms with Crippen LogP contribution in [-0.2, 0) is 11.2 Å². The third-order valence-corrected chi connectivity index (χ3v) is 4.47. The van der Waals surface area contributed by atoms with Crippen molar-refractivity contribution in [1.82, 2.24) is 0 Å². The molecule has 0 fully saturated rings. The number of ether oxygens (including phenoxy) is 2. The number of methoxy groups -OCH3 is 2. The summed E-state index contributed by atoms with van der Waals surface area (Å²) in [6, 6.07) is 11.0. The second kappa shape index (κ2) is 7.44. The fraction of sp³-hybridized carbons (Fsp3) is 0.238. The standard InChI is InChI=1S/C21H21NO4/c1-14(23)16-6-7-18-17(13-16)10-11-22(18)21(24)9-5-15-4-8-19(25-2)20(12-15)26-3/h4-9,12-13H,10-11H2,1-3H3/b9-5+. The molecule has 3 rings (SSSR count). The lowest BCUT2D eigenvalue weighted by atomic mass is 10.1. The molecule has 5 nitrogen and oxygen atoms in total. The Morgan fingerprint density at radius 1 is 1.04 bits per heavy atom. The van der Waals surface area contributed by atoms with Crippen molar-refractivity contribution in [3.8, 4) is 11.5 Å². The van der Waals surface area contributed by atoms with Crippen LogP contribution in [0.25, 0.3) is 6.08 Å². The van der Waals surface area contributed by atoms with Crippen molar-refractivity contribution in [2.24, 2.45) is 0 Å². The van der Waals surface area contributed by atoms with E-state index in [0.29, 0.717) is 23.6 Å². The van der Waals surface area contributed by atoms with Crippen molar-refractivity contribution in [3.05, 3.63) is 59.2 Å². The number of anilines is 1. The Labute approximate surface area is 152 Å². The summed E-state index contributed by atoms with van der Waals surface area (Å²) in [5, 5.41) is 0. The molecule has 26 heavy (non-hydrogen) atoms. The number of hydrogen-bond donors (Lipinski definition) is 0. The Kier molecular flexibility index (Phi) is 5.07. The fourth-order valence-corrected chi connectivity index (χ4v) is 3.06. The van der Waals surface area contributed by atoms with Gasteiger partial charge in [0.15, 0.2) is 17.3 Å². The first kappa shape index (κ1) is 17.7. The molecule has 2 aromatic carbocycles. The molecule has 1 amide bonds. The first-order valence-electron chi connectivity index (χ1n) is 8.39. The minimum absolute atomic E-state index is 0.0333. The van der Waals surface area contributed by atoms with Crippen LogP contribution in [0.1, 0.15) is 28.4 Å². The van der Waals surface area contributed by atoms with Gasteiger partial charge in [-0.2, -0.15) is 0 Å². The van der Waals surface area contributed by atoms with Crippen LogP contribution >= 0.6 is 0 Å². The molecule has 1 aliphatic heterocycles. The number of nitrogens with zero attached hydrogens (tertiary/aromatic N) is 1. The van der Waals surface area contributed by atoms with Crippen LogP contribution < -0.4 is 14.4 Å². The molecule has 0 aromatic heterocycles. The topological polar surface area (TPSA) is 55.8 Å². The smallest absolute Gasteiger partial charge is 0.251 e. The van der Waals surface area contributed by atoms with E-state index < -0.39 is 0 Å². The van der Waals surface area contributed by atoms with Gasteiger partial charge in [0.05, 0.1) is 14.2 Å². The van der Waals surface area contributed by atoms with E-state index in [-0.39, 0.29) is 11.7 Å². The van der Waals surface area contributed by atoms with Gasteiger partial charge < -0.3 is 14.4 Å². The Hall–Kier alpha value is -3.08. The number of carbonyl (C=O) groups is 2. The molecule has 5 heteroatoms. The van der Waals surface area contributed by atoms with Crippen molar-refractivity contribution >= 4 is 23.5 Å². The van der Waals surface area contributed by atoms with Gasteiger partial charge in [-0.1, -0.05) is 6.07 Å². The van der Waals surface area contributed by atoms with Crippen LogP contribution in [0, 0.1) is 0 Å². The third kappa shape index (κ3) is 3.47. The maximum absolute atomic E-state index is 12.6. The summed E-state index contributed by atoms with van der Waals surface area (Å²) in [7, 11) is 3.16. The van der Waals surface area contributed by atoms with E-state index in [1.54, 1.807) is 50.3 Å². The average molecular weight is 351 g/mol. The molecule has 0 unspecified atom stereocenters. The van der Waals surface area contributed by atoms with Gasteiger partial charge in [0.25, 0.3) is 5.91 Å². The zero-order valence-electron chi connectivity index (χ0n) is 15.1. The lowest BCUT2D eigenvalue weighted by molar-refractivity contribution is -0.114. The first-order chi connectivity index (χ1) is 12.5. The van der Waals surface area contributed by atoms with E-state index in [1.165, 1.54) is 0 Å². The summed E-state index contributed by atoms with van der Waals surface area (Å²) in [6.45, 7) is 2.16. The molecule has 0 saturated carbocycles. The van der Waals surface area contributed by atoms with Crippen LogP contribution in [0.3, 0.4) is 0 Å². The molecule has 2 aromatic rings. The summed E-state index contributed by atoms with van der Waals surface area (Å²) in [5.74, 6) is 1.20. The molecule has 0 radical (unpaired) electrons. The minimum Gasteiger partial charge on any atom is -0.493 e. The van der Waals surface area contributed by atoms with E-state index >= 15 is 0 Å². The number of benzene rings is 2. The molecular formula is C21H21NO4. The van der Waals surface area contributed by atoms with Gasteiger partial charge in [0, 0.05) is 23.9 Å². The SMILES string of the molecule is COc1ccc(/C=C/C(=O)N2CCc3cc(C(C)=O)ccc32)cc1OC. The highest BCUT2D eigenvalue weighted by Gasteiger charge is 2.23. The maximum Gasteiger partial charge on any atom is 0.251 e. The Morgan fingerprint density at radius 3 is 2.50 bits per heavy atom. The van der Waals surface area contributed by atoms with Crippen LogP contribution in [0.4, 0.5) is 5.69 Å². The number of carbonyl (C=O) groups excluding carboxylic acids is 2. The van der Waals surface area contributed by atoms with E-state index in [9.17, 15) is 9.59 Å². The molecule has 134 valence electrons. The Morgan fingerprint density at radius 2 is 1.81 bits per heavy atom. The van der Waals surface area contributed by atoms with Crippen LogP contribution in [0.5, 0.6) is 11.5 Å². The summed E-state index contributed by atoms with van der Waals surface area (Å²) < 4.78 is 10.5. The third-order valence-electron chi connectivity index (χ3n) is 4.47. The largest absolute Gasteiger partial charge is 0.493 e. The van der Waals surface area contributed by atoms with Crippen molar-refractivity contribution in [1.29, 1.82) is 0 Å². The molecule has 1 heterocycles. The lowest BCUT2D eigenvalue weighted by Gasteiger charge is -2.15. The maximum atomic E-state index is 12.6. The number of fused-ring (bicyclic) bond motifs is 1. The van der Waals surface area contributed by atoms with Crippen LogP contribution in [0.2, 0.25) is 0 Å². The van der Waals surface area contributed by atoms with Gasteiger partial charge >= 0.3 is 0 Å². The summed E-state index contributed by atoms with van der Waals surface area (Å²) >= 11 is 0. The Balaban J connectivity index is 1.78. The Bertz CT molecular complexity index is 886. The highest BCUT2D eigenvalue weighted by Crippen LogP contribution is 2.30. The fourth-order valence-electron chi connectivity index (χ4n) is 3.06. The molecule has 0 bridgehead atoms. The predicted octanol–water partition coefficient (Wildman–Crippen LogP) is 3.51. The zero-order chi connectivity index (χ0) is 18.7. The summed E-state index contributed by atoms with van der Waals surface area (Å²) in [5.41, 5.74) is 3.43. The normalized spacial score (nSPS) is 13.0. The van der Waals surface area contributed by atoms with E-state index in [4.69, 9.17) is 9.47 Å². The van der Waals surface area contributed by atoms with Crippen molar-refractivity contribution in [2.45, 2.75) is 13.3 Å². The summed E-state index contributed by atoms with van der Waals surface area (Å²) in [6.07, 6.45) is 4.06. The first-order valence-corrected chi connectivity index (χ1v) is 8.39. The van der Waals surface area contributed by atoms with Gasteiger partial charge in [0.2, 0.25) is 0 Å². The van der Waals surface area contributed by atoms with Gasteiger partial charge in [-0.3, -0.25) is 9.59 Å². The van der Waals surface area contributed by atoms with Crippen molar-refractivity contribution < 1.29 is 19.1 Å². The summed E-state index contributed by atoms with van der Waals surface area (Å²) in [4.78, 5) is 25.8. The molecule has 0 N–H and O–H groups in total. The second-order valence-electron chi connectivity index (χ2n) is 6.09. The van der Waals surface area contributed by atoms with Gasteiger partial charge in [-0.15, -0.1) is 0 Å². The predicted molar refractivity (Wildman–Crippen MR) is 101 cm³/mol. The van der Waals surface area contributed by atoms with E-state index in [2.05, 4.69) is 0 Å². The molecule has 1 aliphatic rings. The molecule has 0 aliphatic carbocycles. The molecule has 0 saturated heterocycles. The number of Topliss-reactive ketones (excluding diaryl/α,β-unsaturated/α-hetero) is 1. The zero-order valence-corrected chi connectivity index (χ0v) is 15.1. The van der Waals surface area contributed by atoms with Crippen LogP contribution in [0.15, 0.2) is 42.5 Å².